The first-order chi connectivity index (χ1) is 14.2. The number of hydrogen-bond acceptors (Lipinski definition) is 7. The molecule has 0 fully saturated rings. The second-order valence-electron chi connectivity index (χ2n) is 6.70. The maximum absolute atomic E-state index is 12.2. The first-order valence-electron chi connectivity index (χ1n) is 9.05. The lowest BCUT2D eigenvalue weighted by atomic mass is 10.1. The first kappa shape index (κ1) is 20.8. The van der Waals surface area contributed by atoms with Crippen molar-refractivity contribution in [3.8, 4) is 0 Å². The topological polar surface area (TPSA) is 134 Å². The molecule has 156 valence electrons. The predicted octanol–water partition coefficient (Wildman–Crippen LogP) is 2.06. The second kappa shape index (κ2) is 8.60. The fourth-order valence-electron chi connectivity index (χ4n) is 2.77. The number of oxazole rings is 1. The van der Waals surface area contributed by atoms with Crippen LogP contribution in [-0.4, -0.2) is 27.5 Å². The number of ether oxygens (including phenoxy) is 1. The van der Waals surface area contributed by atoms with Crippen LogP contribution >= 0.6 is 0 Å². The standard InChI is InChI=1S/C20H19N3O7/c1-12-3-5-14(6-4-12)10-21-19(25)13(2)29-18(24)11-22-16-8-7-15(23(27)28)9-17(16)30-20(22)26/h3-9,13H,10-11H2,1-2H3,(H,21,25)/t13-/m0/s1. The zero-order chi connectivity index (χ0) is 21.8. The van der Waals surface area contributed by atoms with Gasteiger partial charge in [0, 0.05) is 12.6 Å². The lowest BCUT2D eigenvalue weighted by molar-refractivity contribution is -0.384. The van der Waals surface area contributed by atoms with Gasteiger partial charge >= 0.3 is 11.7 Å². The van der Waals surface area contributed by atoms with Crippen LogP contribution in [0.5, 0.6) is 0 Å². The molecule has 1 heterocycles. The third kappa shape index (κ3) is 4.72. The number of amides is 1. The molecule has 0 aliphatic heterocycles. The van der Waals surface area contributed by atoms with Crippen molar-refractivity contribution in [1.29, 1.82) is 0 Å². The molecule has 1 N–H and O–H groups in total. The number of nitrogens with zero attached hydrogens (tertiary/aromatic N) is 2. The van der Waals surface area contributed by atoms with Crippen molar-refractivity contribution in [3.05, 3.63) is 74.3 Å². The van der Waals surface area contributed by atoms with Crippen LogP contribution in [0, 0.1) is 17.0 Å². The monoisotopic (exact) mass is 413 g/mol. The highest BCUT2D eigenvalue weighted by Gasteiger charge is 2.21. The largest absolute Gasteiger partial charge is 0.451 e. The molecule has 3 aromatic rings. The van der Waals surface area contributed by atoms with Gasteiger partial charge in [-0.2, -0.15) is 0 Å². The van der Waals surface area contributed by atoms with Crippen LogP contribution in [-0.2, 0) is 27.4 Å². The van der Waals surface area contributed by atoms with Crippen molar-refractivity contribution < 1.29 is 23.7 Å². The summed E-state index contributed by atoms with van der Waals surface area (Å²) in [5.41, 5.74) is 1.94. The molecule has 1 atom stereocenters. The number of benzene rings is 2. The number of nitro benzene ring substituents is 1. The summed E-state index contributed by atoms with van der Waals surface area (Å²) < 4.78 is 11.0. The summed E-state index contributed by atoms with van der Waals surface area (Å²) in [6.07, 6.45) is -1.07. The van der Waals surface area contributed by atoms with Gasteiger partial charge in [-0.3, -0.25) is 24.3 Å². The number of carbonyl (C=O) groups is 2. The fraction of sp³-hybridized carbons (Fsp3) is 0.250. The number of fused-ring (bicyclic) bond motifs is 1. The summed E-state index contributed by atoms with van der Waals surface area (Å²) in [5.74, 6) is -2.17. The van der Waals surface area contributed by atoms with Crippen molar-refractivity contribution >= 4 is 28.7 Å². The van der Waals surface area contributed by atoms with Crippen molar-refractivity contribution in [2.75, 3.05) is 0 Å². The number of hydrogen-bond donors (Lipinski definition) is 1. The number of rotatable bonds is 7. The van der Waals surface area contributed by atoms with Crippen molar-refractivity contribution in [1.82, 2.24) is 9.88 Å². The molecule has 0 aliphatic rings. The molecule has 3 rings (SSSR count). The van der Waals surface area contributed by atoms with E-state index in [2.05, 4.69) is 5.32 Å². The zero-order valence-corrected chi connectivity index (χ0v) is 16.3. The Hall–Kier alpha value is -3.95. The minimum atomic E-state index is -1.07. The zero-order valence-electron chi connectivity index (χ0n) is 16.3. The first-order valence-corrected chi connectivity index (χ1v) is 9.05. The maximum Gasteiger partial charge on any atom is 0.420 e. The summed E-state index contributed by atoms with van der Waals surface area (Å²) in [6, 6.07) is 11.2. The average Bonchev–Trinajstić information content (AvgIpc) is 3.01. The Balaban J connectivity index is 1.61. The van der Waals surface area contributed by atoms with Crippen LogP contribution in [0.25, 0.3) is 11.1 Å². The van der Waals surface area contributed by atoms with E-state index in [0.29, 0.717) is 0 Å². The van der Waals surface area contributed by atoms with Crippen LogP contribution in [0.15, 0.2) is 51.7 Å². The summed E-state index contributed by atoms with van der Waals surface area (Å²) in [5, 5.41) is 13.5. The van der Waals surface area contributed by atoms with E-state index in [9.17, 15) is 24.5 Å². The van der Waals surface area contributed by atoms with Gasteiger partial charge in [0.15, 0.2) is 11.7 Å². The number of nitrogens with one attached hydrogen (secondary N) is 1. The van der Waals surface area contributed by atoms with Gasteiger partial charge in [-0.25, -0.2) is 4.79 Å². The van der Waals surface area contributed by atoms with E-state index in [1.165, 1.54) is 19.1 Å². The van der Waals surface area contributed by atoms with Crippen LogP contribution in [0.4, 0.5) is 5.69 Å². The molecule has 0 aliphatic carbocycles. The van der Waals surface area contributed by atoms with Crippen LogP contribution in [0.3, 0.4) is 0 Å². The third-order valence-electron chi connectivity index (χ3n) is 4.41. The molecule has 0 saturated heterocycles. The molecule has 10 heteroatoms. The number of carbonyl (C=O) groups excluding carboxylic acids is 2. The van der Waals surface area contributed by atoms with Crippen molar-refractivity contribution in [2.24, 2.45) is 0 Å². The highest BCUT2D eigenvalue weighted by Crippen LogP contribution is 2.20. The Kier molecular flexibility index (Phi) is 5.95. The van der Waals surface area contributed by atoms with E-state index < -0.39 is 35.2 Å². The van der Waals surface area contributed by atoms with Gasteiger partial charge in [0.2, 0.25) is 0 Å². The molecule has 0 unspecified atom stereocenters. The Morgan fingerprint density at radius 1 is 1.23 bits per heavy atom. The smallest absolute Gasteiger partial charge is 0.420 e. The summed E-state index contributed by atoms with van der Waals surface area (Å²) in [7, 11) is 0. The molecule has 1 aromatic heterocycles. The van der Waals surface area contributed by atoms with Crippen LogP contribution < -0.4 is 11.1 Å². The van der Waals surface area contributed by atoms with Crippen LogP contribution in [0.2, 0.25) is 0 Å². The van der Waals surface area contributed by atoms with E-state index in [-0.39, 0.29) is 23.3 Å². The van der Waals surface area contributed by atoms with Gasteiger partial charge in [-0.05, 0) is 25.5 Å². The SMILES string of the molecule is Cc1ccc(CNC(=O)[C@H](C)OC(=O)Cn2c(=O)oc3cc([N+](=O)[O-])ccc32)cc1. The summed E-state index contributed by atoms with van der Waals surface area (Å²) >= 11 is 0. The minimum Gasteiger partial charge on any atom is -0.451 e. The number of aryl methyl sites for hydroxylation is 1. The number of aromatic nitrogens is 1. The highest BCUT2D eigenvalue weighted by molar-refractivity contribution is 5.84. The van der Waals surface area contributed by atoms with Crippen LogP contribution in [0.1, 0.15) is 18.1 Å². The van der Waals surface area contributed by atoms with E-state index in [1.807, 2.05) is 31.2 Å². The highest BCUT2D eigenvalue weighted by atomic mass is 16.6. The molecule has 10 nitrogen and oxygen atoms in total. The molecule has 2 aromatic carbocycles. The third-order valence-corrected chi connectivity index (χ3v) is 4.41. The van der Waals surface area contributed by atoms with E-state index in [1.54, 1.807) is 0 Å². The van der Waals surface area contributed by atoms with Gasteiger partial charge in [0.05, 0.1) is 16.5 Å². The number of esters is 1. The molecular formula is C20H19N3O7. The normalized spacial score (nSPS) is 11.8. The van der Waals surface area contributed by atoms with Gasteiger partial charge in [0.1, 0.15) is 6.54 Å². The van der Waals surface area contributed by atoms with E-state index >= 15 is 0 Å². The Bertz CT molecular complexity index is 1160. The molecule has 0 saturated carbocycles. The van der Waals surface area contributed by atoms with Crippen molar-refractivity contribution in [3.63, 3.8) is 0 Å². The quantitative estimate of drug-likeness (QED) is 0.356. The van der Waals surface area contributed by atoms with Gasteiger partial charge < -0.3 is 14.5 Å². The lowest BCUT2D eigenvalue weighted by Gasteiger charge is -2.13. The predicted molar refractivity (Wildman–Crippen MR) is 106 cm³/mol. The van der Waals surface area contributed by atoms with Crippen molar-refractivity contribution in [2.45, 2.75) is 33.0 Å². The Morgan fingerprint density at radius 2 is 1.93 bits per heavy atom. The molecule has 0 spiro atoms. The maximum atomic E-state index is 12.2. The fourth-order valence-corrected chi connectivity index (χ4v) is 2.77. The molecular weight excluding hydrogens is 394 g/mol. The van der Waals surface area contributed by atoms with Gasteiger partial charge in [-0.15, -0.1) is 0 Å². The second-order valence-corrected chi connectivity index (χ2v) is 6.70. The number of non-ortho nitro benzene ring substituents is 1. The molecule has 1 amide bonds. The number of nitro groups is 1. The Labute approximate surface area is 170 Å². The van der Waals surface area contributed by atoms with Gasteiger partial charge in [-0.1, -0.05) is 29.8 Å². The molecule has 30 heavy (non-hydrogen) atoms. The van der Waals surface area contributed by atoms with E-state index in [0.717, 1.165) is 21.8 Å². The Morgan fingerprint density at radius 3 is 2.60 bits per heavy atom. The summed E-state index contributed by atoms with van der Waals surface area (Å²) in [4.78, 5) is 46.6. The molecule has 0 radical (unpaired) electrons. The minimum absolute atomic E-state index is 0.0223. The molecule has 0 bridgehead atoms. The van der Waals surface area contributed by atoms with E-state index in [4.69, 9.17) is 9.15 Å². The lowest BCUT2D eigenvalue weighted by Crippen LogP contribution is -2.36. The van der Waals surface area contributed by atoms with Gasteiger partial charge in [0.25, 0.3) is 11.6 Å². The summed E-state index contributed by atoms with van der Waals surface area (Å²) in [6.45, 7) is 3.16. The average molecular weight is 413 g/mol.